The lowest BCUT2D eigenvalue weighted by Gasteiger charge is -2.09. The van der Waals surface area contributed by atoms with Crippen molar-refractivity contribution in [2.45, 2.75) is 39.2 Å². The highest BCUT2D eigenvalue weighted by atomic mass is 16.4. The van der Waals surface area contributed by atoms with E-state index in [1.807, 2.05) is 25.1 Å². The molecule has 0 radical (unpaired) electrons. The molecule has 0 fully saturated rings. The number of hydrogen-bond acceptors (Lipinski definition) is 2. The van der Waals surface area contributed by atoms with E-state index < -0.39 is 5.97 Å². The molecule has 0 aliphatic heterocycles. The molecule has 20 heavy (non-hydrogen) atoms. The maximum atomic E-state index is 11.6. The first-order valence-corrected chi connectivity index (χ1v) is 7.02. The maximum absolute atomic E-state index is 11.6. The van der Waals surface area contributed by atoms with E-state index in [2.05, 4.69) is 11.2 Å². The number of carboxylic acid groups (broad SMARTS) is 1. The Morgan fingerprint density at radius 2 is 2.15 bits per heavy atom. The minimum atomic E-state index is -0.867. The van der Waals surface area contributed by atoms with Crippen LogP contribution in [0, 0.1) is 6.92 Å². The Morgan fingerprint density at radius 3 is 2.90 bits per heavy atom. The van der Waals surface area contributed by atoms with Gasteiger partial charge >= 0.3 is 5.97 Å². The highest BCUT2D eigenvalue weighted by Crippen LogP contribution is 2.24. The molecule has 4 nitrogen and oxygen atoms in total. The van der Waals surface area contributed by atoms with Crippen molar-refractivity contribution >= 4 is 5.97 Å². The Hall–Kier alpha value is -2.10. The monoisotopic (exact) mass is 270 g/mol. The molecule has 1 aliphatic rings. The van der Waals surface area contributed by atoms with Gasteiger partial charge in [0.1, 0.15) is 5.69 Å². The molecule has 2 aromatic rings. The molecule has 0 saturated heterocycles. The van der Waals surface area contributed by atoms with Gasteiger partial charge in [0, 0.05) is 5.56 Å². The molecule has 1 N–H and O–H groups in total. The van der Waals surface area contributed by atoms with Gasteiger partial charge in [-0.25, -0.2) is 4.79 Å². The third kappa shape index (κ3) is 2.33. The maximum Gasteiger partial charge on any atom is 0.354 e. The van der Waals surface area contributed by atoms with E-state index in [0.717, 1.165) is 42.5 Å². The van der Waals surface area contributed by atoms with Gasteiger partial charge in [-0.1, -0.05) is 29.8 Å². The summed E-state index contributed by atoms with van der Waals surface area (Å²) in [6, 6.07) is 8.12. The predicted octanol–water partition coefficient (Wildman–Crippen LogP) is 2.82. The quantitative estimate of drug-likeness (QED) is 0.933. The third-order valence-corrected chi connectivity index (χ3v) is 3.84. The Kier molecular flexibility index (Phi) is 3.30. The van der Waals surface area contributed by atoms with Crippen LogP contribution in [-0.4, -0.2) is 20.9 Å². The fraction of sp³-hybridized carbons (Fsp3) is 0.375. The number of aromatic carboxylic acids is 1. The van der Waals surface area contributed by atoms with Crippen LogP contribution in [-0.2, 0) is 19.4 Å². The SMILES string of the molecule is Cc1cccc(Cn2nc3c(c2C(=O)O)CCCC3)c1. The molecular formula is C16H18N2O2. The average Bonchev–Trinajstić information content (AvgIpc) is 2.76. The van der Waals surface area contributed by atoms with Crippen molar-refractivity contribution in [3.8, 4) is 0 Å². The smallest absolute Gasteiger partial charge is 0.354 e. The van der Waals surface area contributed by atoms with Crippen molar-refractivity contribution in [2.75, 3.05) is 0 Å². The Morgan fingerprint density at radius 1 is 1.35 bits per heavy atom. The topological polar surface area (TPSA) is 55.1 Å². The van der Waals surface area contributed by atoms with Gasteiger partial charge in [0.15, 0.2) is 0 Å². The lowest BCUT2D eigenvalue weighted by molar-refractivity contribution is 0.0682. The Balaban J connectivity index is 2.00. The molecule has 3 rings (SSSR count). The molecule has 1 heterocycles. The summed E-state index contributed by atoms with van der Waals surface area (Å²) in [5.74, 6) is -0.867. The second-order valence-electron chi connectivity index (χ2n) is 5.43. The van der Waals surface area contributed by atoms with Crippen LogP contribution in [0.15, 0.2) is 24.3 Å². The number of fused-ring (bicyclic) bond motifs is 1. The largest absolute Gasteiger partial charge is 0.477 e. The van der Waals surface area contributed by atoms with Gasteiger partial charge in [-0.2, -0.15) is 5.10 Å². The molecule has 0 amide bonds. The molecule has 104 valence electrons. The minimum Gasteiger partial charge on any atom is -0.477 e. The number of hydrogen-bond donors (Lipinski definition) is 1. The zero-order chi connectivity index (χ0) is 14.1. The number of carboxylic acids is 1. The summed E-state index contributed by atoms with van der Waals surface area (Å²) in [5.41, 5.74) is 4.56. The van der Waals surface area contributed by atoms with Crippen molar-refractivity contribution in [1.29, 1.82) is 0 Å². The summed E-state index contributed by atoms with van der Waals surface area (Å²) in [7, 11) is 0. The van der Waals surface area contributed by atoms with Crippen molar-refractivity contribution in [3.63, 3.8) is 0 Å². The summed E-state index contributed by atoms with van der Waals surface area (Å²) in [4.78, 5) is 11.6. The van der Waals surface area contributed by atoms with Gasteiger partial charge in [0.25, 0.3) is 0 Å². The van der Waals surface area contributed by atoms with Gasteiger partial charge in [-0.05, 0) is 38.2 Å². The van der Waals surface area contributed by atoms with Gasteiger partial charge in [0.05, 0.1) is 12.2 Å². The first kappa shape index (κ1) is 12.9. The molecule has 1 aromatic carbocycles. The van der Waals surface area contributed by atoms with Crippen LogP contribution in [0.1, 0.15) is 45.7 Å². The van der Waals surface area contributed by atoms with Crippen LogP contribution < -0.4 is 0 Å². The summed E-state index contributed by atoms with van der Waals surface area (Å²) >= 11 is 0. The predicted molar refractivity (Wildman–Crippen MR) is 76.1 cm³/mol. The van der Waals surface area contributed by atoms with E-state index in [-0.39, 0.29) is 0 Å². The molecule has 1 aliphatic carbocycles. The molecular weight excluding hydrogens is 252 g/mol. The number of aryl methyl sites for hydroxylation is 2. The molecule has 0 bridgehead atoms. The average molecular weight is 270 g/mol. The number of carbonyl (C=O) groups is 1. The molecule has 4 heteroatoms. The molecule has 0 atom stereocenters. The van der Waals surface area contributed by atoms with E-state index >= 15 is 0 Å². The van der Waals surface area contributed by atoms with Crippen LogP contribution in [0.4, 0.5) is 0 Å². The first-order chi connectivity index (χ1) is 9.65. The highest BCUT2D eigenvalue weighted by Gasteiger charge is 2.24. The van der Waals surface area contributed by atoms with Gasteiger partial charge in [0.2, 0.25) is 0 Å². The van der Waals surface area contributed by atoms with E-state index in [1.54, 1.807) is 4.68 Å². The summed E-state index contributed by atoms with van der Waals surface area (Å²) in [6.45, 7) is 2.56. The zero-order valence-corrected chi connectivity index (χ0v) is 11.6. The molecule has 1 aromatic heterocycles. The van der Waals surface area contributed by atoms with Crippen molar-refractivity contribution < 1.29 is 9.90 Å². The number of aromatic nitrogens is 2. The molecule has 0 spiro atoms. The Bertz CT molecular complexity index is 658. The number of rotatable bonds is 3. The normalized spacial score (nSPS) is 14.1. The summed E-state index contributed by atoms with van der Waals surface area (Å²) in [5, 5.41) is 14.0. The highest BCUT2D eigenvalue weighted by molar-refractivity contribution is 5.88. The molecule has 0 saturated carbocycles. The standard InChI is InChI=1S/C16H18N2O2/c1-11-5-4-6-12(9-11)10-18-15(16(19)20)13-7-2-3-8-14(13)17-18/h4-6,9H,2-3,7-8,10H2,1H3,(H,19,20). The summed E-state index contributed by atoms with van der Waals surface area (Å²) < 4.78 is 1.66. The van der Waals surface area contributed by atoms with Gasteiger partial charge < -0.3 is 5.11 Å². The van der Waals surface area contributed by atoms with Crippen molar-refractivity contribution in [3.05, 3.63) is 52.3 Å². The van der Waals surface area contributed by atoms with Crippen LogP contribution in [0.2, 0.25) is 0 Å². The number of benzene rings is 1. The second-order valence-corrected chi connectivity index (χ2v) is 5.43. The zero-order valence-electron chi connectivity index (χ0n) is 11.6. The molecule has 0 unspecified atom stereocenters. The van der Waals surface area contributed by atoms with E-state index in [4.69, 9.17) is 0 Å². The van der Waals surface area contributed by atoms with E-state index in [9.17, 15) is 9.90 Å². The Labute approximate surface area is 118 Å². The fourth-order valence-corrected chi connectivity index (χ4v) is 2.94. The van der Waals surface area contributed by atoms with Gasteiger partial charge in [-0.3, -0.25) is 4.68 Å². The summed E-state index contributed by atoms with van der Waals surface area (Å²) in [6.07, 6.45) is 3.90. The lowest BCUT2D eigenvalue weighted by atomic mass is 9.96. The van der Waals surface area contributed by atoms with Crippen molar-refractivity contribution in [1.82, 2.24) is 9.78 Å². The minimum absolute atomic E-state index is 0.376. The van der Waals surface area contributed by atoms with E-state index in [0.29, 0.717) is 12.2 Å². The van der Waals surface area contributed by atoms with Crippen LogP contribution in [0.3, 0.4) is 0 Å². The first-order valence-electron chi connectivity index (χ1n) is 7.02. The lowest BCUT2D eigenvalue weighted by Crippen LogP contribution is -2.13. The second kappa shape index (κ2) is 5.12. The van der Waals surface area contributed by atoms with Crippen LogP contribution in [0.25, 0.3) is 0 Å². The van der Waals surface area contributed by atoms with Crippen LogP contribution >= 0.6 is 0 Å². The third-order valence-electron chi connectivity index (χ3n) is 3.84. The fourth-order valence-electron chi connectivity index (χ4n) is 2.94. The van der Waals surface area contributed by atoms with Crippen molar-refractivity contribution in [2.24, 2.45) is 0 Å². The van der Waals surface area contributed by atoms with Gasteiger partial charge in [-0.15, -0.1) is 0 Å². The van der Waals surface area contributed by atoms with E-state index in [1.165, 1.54) is 5.56 Å². The number of nitrogens with zero attached hydrogens (tertiary/aromatic N) is 2. The van der Waals surface area contributed by atoms with Crippen LogP contribution in [0.5, 0.6) is 0 Å².